The summed E-state index contributed by atoms with van der Waals surface area (Å²) in [6.45, 7) is 0.596. The molecule has 0 spiro atoms. The van der Waals surface area contributed by atoms with Gasteiger partial charge in [0, 0.05) is 12.6 Å². The van der Waals surface area contributed by atoms with Gasteiger partial charge in [-0.2, -0.15) is 13.2 Å². The van der Waals surface area contributed by atoms with Crippen LogP contribution < -0.4 is 5.32 Å². The Labute approximate surface area is 175 Å². The van der Waals surface area contributed by atoms with E-state index in [0.717, 1.165) is 18.4 Å². The number of alkyl halides is 3. The standard InChI is InChI=1S/C26H24F3N/c27-26(28,29)25-9-5-4-8-24(25)22-16-17-30-23(18-22)15-12-19-10-13-21(14-11-19)20-6-2-1-3-7-20/h1-11,13-14,16,23,30H,12,15,17-18H2. The first kappa shape index (κ1) is 20.4. The quantitative estimate of drug-likeness (QED) is 0.493. The van der Waals surface area contributed by atoms with E-state index in [1.165, 1.54) is 28.8 Å². The van der Waals surface area contributed by atoms with Gasteiger partial charge in [0.05, 0.1) is 5.56 Å². The Bertz CT molecular complexity index is 1000. The number of halogens is 3. The van der Waals surface area contributed by atoms with Gasteiger partial charge in [0.1, 0.15) is 0 Å². The van der Waals surface area contributed by atoms with Gasteiger partial charge in [-0.05, 0) is 53.2 Å². The summed E-state index contributed by atoms with van der Waals surface area (Å²) in [5, 5.41) is 3.43. The van der Waals surface area contributed by atoms with Crippen LogP contribution in [-0.4, -0.2) is 12.6 Å². The van der Waals surface area contributed by atoms with Gasteiger partial charge in [-0.1, -0.05) is 78.9 Å². The second kappa shape index (κ2) is 8.88. The third kappa shape index (κ3) is 4.82. The zero-order valence-electron chi connectivity index (χ0n) is 16.6. The molecule has 0 fully saturated rings. The van der Waals surface area contributed by atoms with Crippen LogP contribution in [0.2, 0.25) is 0 Å². The Morgan fingerprint density at radius 1 is 0.800 bits per heavy atom. The number of benzene rings is 3. The van der Waals surface area contributed by atoms with Crippen molar-refractivity contribution in [3.8, 4) is 11.1 Å². The summed E-state index contributed by atoms with van der Waals surface area (Å²) in [5.74, 6) is 0. The Balaban J connectivity index is 1.40. The lowest BCUT2D eigenvalue weighted by molar-refractivity contribution is -0.137. The molecule has 3 aromatic rings. The molecule has 1 aliphatic rings. The largest absolute Gasteiger partial charge is 0.416 e. The molecule has 1 aliphatic heterocycles. The van der Waals surface area contributed by atoms with Crippen molar-refractivity contribution >= 4 is 5.57 Å². The van der Waals surface area contributed by atoms with Gasteiger partial charge in [-0.3, -0.25) is 0 Å². The van der Waals surface area contributed by atoms with E-state index < -0.39 is 11.7 Å². The number of rotatable bonds is 5. The van der Waals surface area contributed by atoms with Crippen LogP contribution >= 0.6 is 0 Å². The van der Waals surface area contributed by atoms with Crippen molar-refractivity contribution in [3.63, 3.8) is 0 Å². The van der Waals surface area contributed by atoms with Crippen molar-refractivity contribution < 1.29 is 13.2 Å². The highest BCUT2D eigenvalue weighted by atomic mass is 19.4. The summed E-state index contributed by atoms with van der Waals surface area (Å²) in [6, 6.07) is 24.8. The highest BCUT2D eigenvalue weighted by Crippen LogP contribution is 2.37. The normalized spacial score (nSPS) is 16.9. The average molecular weight is 407 g/mol. The SMILES string of the molecule is FC(F)(F)c1ccccc1C1=CCNC(CCc2ccc(-c3ccccc3)cc2)C1. The van der Waals surface area contributed by atoms with E-state index in [-0.39, 0.29) is 6.04 Å². The van der Waals surface area contributed by atoms with Gasteiger partial charge >= 0.3 is 6.18 Å². The monoisotopic (exact) mass is 407 g/mol. The first-order valence-corrected chi connectivity index (χ1v) is 10.2. The fraction of sp³-hybridized carbons (Fsp3) is 0.231. The lowest BCUT2D eigenvalue weighted by atomic mass is 9.89. The Hall–Kier alpha value is -2.85. The molecular weight excluding hydrogens is 383 g/mol. The molecule has 0 aliphatic carbocycles. The van der Waals surface area contributed by atoms with Crippen LogP contribution in [0.25, 0.3) is 16.7 Å². The lowest BCUT2D eigenvalue weighted by Crippen LogP contribution is -2.33. The molecule has 1 nitrogen and oxygen atoms in total. The van der Waals surface area contributed by atoms with E-state index in [0.29, 0.717) is 18.5 Å². The zero-order chi connectivity index (χ0) is 21.0. The highest BCUT2D eigenvalue weighted by molar-refractivity contribution is 5.70. The first-order chi connectivity index (χ1) is 14.5. The molecule has 4 heteroatoms. The maximum absolute atomic E-state index is 13.4. The van der Waals surface area contributed by atoms with Crippen LogP contribution in [0.1, 0.15) is 29.5 Å². The fourth-order valence-corrected chi connectivity index (χ4v) is 4.04. The fourth-order valence-electron chi connectivity index (χ4n) is 4.04. The van der Waals surface area contributed by atoms with Crippen LogP contribution in [0, 0.1) is 0 Å². The van der Waals surface area contributed by atoms with Crippen LogP contribution in [0.15, 0.2) is 84.9 Å². The summed E-state index contributed by atoms with van der Waals surface area (Å²) >= 11 is 0. The van der Waals surface area contributed by atoms with Crippen LogP contribution in [0.5, 0.6) is 0 Å². The van der Waals surface area contributed by atoms with Crippen molar-refractivity contribution in [2.45, 2.75) is 31.5 Å². The van der Waals surface area contributed by atoms with E-state index in [1.807, 2.05) is 24.3 Å². The van der Waals surface area contributed by atoms with Crippen molar-refractivity contribution in [2.24, 2.45) is 0 Å². The van der Waals surface area contributed by atoms with Crippen molar-refractivity contribution in [1.29, 1.82) is 0 Å². The summed E-state index contributed by atoms with van der Waals surface area (Å²) in [7, 11) is 0. The first-order valence-electron chi connectivity index (χ1n) is 10.2. The molecule has 154 valence electrons. The number of nitrogens with one attached hydrogen (secondary N) is 1. The second-order valence-corrected chi connectivity index (χ2v) is 7.68. The van der Waals surface area contributed by atoms with Crippen LogP contribution in [0.3, 0.4) is 0 Å². The van der Waals surface area contributed by atoms with E-state index in [4.69, 9.17) is 0 Å². The molecule has 4 rings (SSSR count). The van der Waals surface area contributed by atoms with Gasteiger partial charge in [-0.25, -0.2) is 0 Å². The van der Waals surface area contributed by atoms with Gasteiger partial charge in [0.15, 0.2) is 0 Å². The predicted octanol–water partition coefficient (Wildman–Crippen LogP) is 6.75. The Morgan fingerprint density at radius 3 is 2.20 bits per heavy atom. The van der Waals surface area contributed by atoms with Crippen molar-refractivity contribution in [3.05, 3.63) is 102 Å². The number of hydrogen-bond donors (Lipinski definition) is 1. The van der Waals surface area contributed by atoms with Crippen molar-refractivity contribution in [2.75, 3.05) is 6.54 Å². The second-order valence-electron chi connectivity index (χ2n) is 7.68. The summed E-state index contributed by atoms with van der Waals surface area (Å²) in [4.78, 5) is 0. The third-order valence-corrected chi connectivity index (χ3v) is 5.64. The van der Waals surface area contributed by atoms with Gasteiger partial charge in [0.25, 0.3) is 0 Å². The van der Waals surface area contributed by atoms with Crippen molar-refractivity contribution in [1.82, 2.24) is 5.32 Å². The summed E-state index contributed by atoms with van der Waals surface area (Å²) in [6.07, 6.45) is -0.0691. The maximum atomic E-state index is 13.4. The van der Waals surface area contributed by atoms with Gasteiger partial charge in [-0.15, -0.1) is 0 Å². The van der Waals surface area contributed by atoms with E-state index in [2.05, 4.69) is 41.7 Å². The topological polar surface area (TPSA) is 12.0 Å². The minimum atomic E-state index is -4.34. The molecule has 3 aromatic carbocycles. The average Bonchev–Trinajstić information content (AvgIpc) is 2.78. The molecule has 1 N–H and O–H groups in total. The molecular formula is C26H24F3N. The molecule has 1 heterocycles. The van der Waals surface area contributed by atoms with E-state index in [9.17, 15) is 13.2 Å². The molecule has 30 heavy (non-hydrogen) atoms. The third-order valence-electron chi connectivity index (χ3n) is 5.64. The highest BCUT2D eigenvalue weighted by Gasteiger charge is 2.34. The Morgan fingerprint density at radius 2 is 1.47 bits per heavy atom. The van der Waals surface area contributed by atoms with Crippen LogP contribution in [-0.2, 0) is 12.6 Å². The predicted molar refractivity (Wildman–Crippen MR) is 116 cm³/mol. The zero-order valence-corrected chi connectivity index (χ0v) is 16.6. The number of aryl methyl sites for hydroxylation is 1. The number of hydrogen-bond acceptors (Lipinski definition) is 1. The van der Waals surface area contributed by atoms with E-state index in [1.54, 1.807) is 12.1 Å². The Kier molecular flexibility index (Phi) is 6.05. The molecule has 0 saturated carbocycles. The summed E-state index contributed by atoms with van der Waals surface area (Å²) in [5.41, 5.74) is 4.16. The van der Waals surface area contributed by atoms with Gasteiger partial charge in [0.2, 0.25) is 0 Å². The minimum Gasteiger partial charge on any atom is -0.310 e. The molecule has 1 unspecified atom stereocenters. The minimum absolute atomic E-state index is 0.167. The van der Waals surface area contributed by atoms with E-state index >= 15 is 0 Å². The molecule has 0 radical (unpaired) electrons. The smallest absolute Gasteiger partial charge is 0.310 e. The van der Waals surface area contributed by atoms with Crippen LogP contribution in [0.4, 0.5) is 13.2 Å². The maximum Gasteiger partial charge on any atom is 0.416 e. The molecule has 1 atom stereocenters. The molecule has 0 saturated heterocycles. The molecule has 0 bridgehead atoms. The van der Waals surface area contributed by atoms with Gasteiger partial charge < -0.3 is 5.32 Å². The molecule has 0 aromatic heterocycles. The molecule has 0 amide bonds. The summed E-state index contributed by atoms with van der Waals surface area (Å²) < 4.78 is 40.1. The lowest BCUT2D eigenvalue weighted by Gasteiger charge is -2.26.